The van der Waals surface area contributed by atoms with Gasteiger partial charge in [-0.05, 0) is 12.8 Å². The van der Waals surface area contributed by atoms with Crippen molar-refractivity contribution in [3.8, 4) is 0 Å². The van der Waals surface area contributed by atoms with Crippen LogP contribution in [0.1, 0.15) is 277 Å². The molecule has 0 saturated heterocycles. The molecule has 0 spiro atoms. The molecule has 370 valence electrons. The molecule has 0 aliphatic carbocycles. The molecule has 0 heterocycles. The SMILES string of the molecule is CCCCCCCCCCCCCCCCCCCCCCCCCCCCCCC(=O)O[C@H](COCCCCCCCCCCCCCC)COP(=O)(O)OC[C@H](N)C(=O)O. The number of esters is 1. The first-order valence-corrected chi connectivity index (χ1v) is 28.1. The van der Waals surface area contributed by atoms with Crippen molar-refractivity contribution in [1.82, 2.24) is 0 Å². The maximum atomic E-state index is 12.7. The van der Waals surface area contributed by atoms with Crippen LogP contribution in [0.5, 0.6) is 0 Å². The average molecular weight is 904 g/mol. The van der Waals surface area contributed by atoms with Crippen molar-refractivity contribution in [2.24, 2.45) is 5.73 Å². The molecule has 3 atom stereocenters. The van der Waals surface area contributed by atoms with Crippen molar-refractivity contribution in [3.05, 3.63) is 0 Å². The zero-order valence-electron chi connectivity index (χ0n) is 40.8. The highest BCUT2D eigenvalue weighted by Crippen LogP contribution is 2.43. The summed E-state index contributed by atoms with van der Waals surface area (Å²) in [5.74, 6) is -1.76. The van der Waals surface area contributed by atoms with Crippen LogP contribution in [0.4, 0.5) is 0 Å². The van der Waals surface area contributed by atoms with E-state index >= 15 is 0 Å². The lowest BCUT2D eigenvalue weighted by Gasteiger charge is -2.20. The number of nitrogens with two attached hydrogens (primary N) is 1. The highest BCUT2D eigenvalue weighted by atomic mass is 31.2. The van der Waals surface area contributed by atoms with Gasteiger partial charge < -0.3 is 25.2 Å². The summed E-state index contributed by atoms with van der Waals surface area (Å²) in [6.45, 7) is 3.95. The summed E-state index contributed by atoms with van der Waals surface area (Å²) in [5, 5.41) is 8.92. The first-order chi connectivity index (χ1) is 30.2. The van der Waals surface area contributed by atoms with Gasteiger partial charge in [-0.25, -0.2) is 4.57 Å². The van der Waals surface area contributed by atoms with E-state index in [1.165, 1.54) is 218 Å². The molecule has 0 aromatic heterocycles. The summed E-state index contributed by atoms with van der Waals surface area (Å²) in [7, 11) is -4.61. The zero-order valence-corrected chi connectivity index (χ0v) is 41.6. The van der Waals surface area contributed by atoms with Gasteiger partial charge in [0, 0.05) is 13.0 Å². The van der Waals surface area contributed by atoms with Gasteiger partial charge in [0.05, 0.1) is 19.8 Å². The second-order valence-electron chi connectivity index (χ2n) is 18.4. The van der Waals surface area contributed by atoms with Crippen molar-refractivity contribution >= 4 is 19.8 Å². The zero-order chi connectivity index (χ0) is 45.5. The molecule has 0 bridgehead atoms. The van der Waals surface area contributed by atoms with E-state index < -0.39 is 45.1 Å². The number of ether oxygens (including phenoxy) is 2. The van der Waals surface area contributed by atoms with Crippen LogP contribution in [0.2, 0.25) is 0 Å². The van der Waals surface area contributed by atoms with Gasteiger partial charge in [-0.15, -0.1) is 0 Å². The van der Waals surface area contributed by atoms with Crippen LogP contribution in [-0.4, -0.2) is 60.5 Å². The van der Waals surface area contributed by atoms with Crippen molar-refractivity contribution in [1.29, 1.82) is 0 Å². The maximum absolute atomic E-state index is 12.7. The highest BCUT2D eigenvalue weighted by Gasteiger charge is 2.27. The molecule has 1 unspecified atom stereocenters. The lowest BCUT2D eigenvalue weighted by atomic mass is 10.0. The van der Waals surface area contributed by atoms with Crippen LogP contribution in [0.15, 0.2) is 0 Å². The van der Waals surface area contributed by atoms with Crippen LogP contribution < -0.4 is 5.73 Å². The van der Waals surface area contributed by atoms with E-state index in [2.05, 4.69) is 13.8 Å². The second-order valence-corrected chi connectivity index (χ2v) is 19.8. The minimum atomic E-state index is -4.61. The number of hydrogen-bond donors (Lipinski definition) is 3. The van der Waals surface area contributed by atoms with Crippen LogP contribution in [0, 0.1) is 0 Å². The van der Waals surface area contributed by atoms with E-state index in [-0.39, 0.29) is 13.0 Å². The number of carbonyl (C=O) groups is 2. The predicted octanol–water partition coefficient (Wildman–Crippen LogP) is 15.5. The number of carboxylic acid groups (broad SMARTS) is 1. The largest absolute Gasteiger partial charge is 0.480 e. The van der Waals surface area contributed by atoms with Gasteiger partial charge in [0.2, 0.25) is 0 Å². The fourth-order valence-electron chi connectivity index (χ4n) is 8.02. The summed E-state index contributed by atoms with van der Waals surface area (Å²) < 4.78 is 33.5. The Morgan fingerprint density at radius 1 is 0.452 bits per heavy atom. The third-order valence-corrected chi connectivity index (χ3v) is 13.1. The molecule has 62 heavy (non-hydrogen) atoms. The molecular weight excluding hydrogens is 802 g/mol. The summed E-state index contributed by atoms with van der Waals surface area (Å²) in [6.07, 6.45) is 51.8. The van der Waals surface area contributed by atoms with Crippen LogP contribution in [0.25, 0.3) is 0 Å². The van der Waals surface area contributed by atoms with E-state index in [9.17, 15) is 19.0 Å². The van der Waals surface area contributed by atoms with Gasteiger partial charge in [-0.1, -0.05) is 258 Å². The molecule has 10 nitrogen and oxygen atoms in total. The van der Waals surface area contributed by atoms with Crippen molar-refractivity contribution < 1.29 is 42.7 Å². The topological polar surface area (TPSA) is 155 Å². The maximum Gasteiger partial charge on any atom is 0.472 e. The lowest BCUT2D eigenvalue weighted by Crippen LogP contribution is -2.34. The molecule has 0 radical (unpaired) electrons. The van der Waals surface area contributed by atoms with Gasteiger partial charge in [-0.3, -0.25) is 18.6 Å². The Balaban J connectivity index is 3.93. The molecule has 0 saturated carbocycles. The van der Waals surface area contributed by atoms with Gasteiger partial charge in [0.25, 0.3) is 0 Å². The molecule has 11 heteroatoms. The number of carboxylic acids is 1. The average Bonchev–Trinajstić information content (AvgIpc) is 3.25. The predicted molar refractivity (Wildman–Crippen MR) is 259 cm³/mol. The van der Waals surface area contributed by atoms with Crippen molar-refractivity contribution in [3.63, 3.8) is 0 Å². The van der Waals surface area contributed by atoms with Gasteiger partial charge in [0.1, 0.15) is 12.1 Å². The Kier molecular flexibility index (Phi) is 47.1. The van der Waals surface area contributed by atoms with E-state index in [1.807, 2.05) is 0 Å². The summed E-state index contributed by atoms with van der Waals surface area (Å²) in [5.41, 5.74) is 5.37. The van der Waals surface area contributed by atoms with Gasteiger partial charge in [0.15, 0.2) is 0 Å². The molecule has 0 aliphatic heterocycles. The number of hydrogen-bond acceptors (Lipinski definition) is 8. The molecule has 0 aromatic rings. The third kappa shape index (κ3) is 46.9. The van der Waals surface area contributed by atoms with E-state index in [1.54, 1.807) is 0 Å². The first-order valence-electron chi connectivity index (χ1n) is 26.6. The Labute approximate surface area is 382 Å². The van der Waals surface area contributed by atoms with Gasteiger partial charge in [-0.2, -0.15) is 0 Å². The fourth-order valence-corrected chi connectivity index (χ4v) is 8.80. The number of aliphatic carboxylic acids is 1. The molecule has 0 aromatic carbocycles. The minimum absolute atomic E-state index is 0.0258. The standard InChI is InChI=1S/C51H102NO9P/c1-3-5-7-9-11-13-15-17-18-19-20-21-22-23-24-25-26-27-28-29-30-31-32-33-35-37-39-41-43-50(53)61-48(46-59-62(56,57)60-47-49(52)51(54)55)45-58-44-42-40-38-36-34-16-14-12-10-8-6-4-2/h48-49H,3-47,52H2,1-2H3,(H,54,55)(H,56,57)/t48-,49+/m1/s1. The van der Waals surface area contributed by atoms with Crippen LogP contribution >= 0.6 is 7.82 Å². The minimum Gasteiger partial charge on any atom is -0.480 e. The summed E-state index contributed by atoms with van der Waals surface area (Å²) in [6, 6.07) is -1.47. The number of unbranched alkanes of at least 4 members (excludes halogenated alkanes) is 38. The number of phosphoric ester groups is 1. The van der Waals surface area contributed by atoms with Crippen LogP contribution in [0.3, 0.4) is 0 Å². The van der Waals surface area contributed by atoms with Crippen molar-refractivity contribution in [2.45, 2.75) is 289 Å². The number of carbonyl (C=O) groups excluding carboxylic acids is 1. The molecule has 0 fully saturated rings. The number of rotatable bonds is 52. The first kappa shape index (κ1) is 61.0. The monoisotopic (exact) mass is 904 g/mol. The summed E-state index contributed by atoms with van der Waals surface area (Å²) >= 11 is 0. The Morgan fingerprint density at radius 3 is 1.06 bits per heavy atom. The molecule has 0 rings (SSSR count). The Bertz CT molecular complexity index is 1000. The highest BCUT2D eigenvalue weighted by molar-refractivity contribution is 7.47. The Morgan fingerprint density at radius 2 is 0.742 bits per heavy atom. The molecule has 0 amide bonds. The normalized spacial score (nSPS) is 13.6. The van der Waals surface area contributed by atoms with Gasteiger partial charge >= 0.3 is 19.8 Å². The van der Waals surface area contributed by atoms with Crippen LogP contribution in [-0.2, 0) is 32.7 Å². The number of phosphoric acid groups is 1. The van der Waals surface area contributed by atoms with E-state index in [0.29, 0.717) is 6.61 Å². The third-order valence-electron chi connectivity index (χ3n) is 12.1. The summed E-state index contributed by atoms with van der Waals surface area (Å²) in [4.78, 5) is 33.6. The Hall–Kier alpha value is -1.03. The van der Waals surface area contributed by atoms with Crippen molar-refractivity contribution in [2.75, 3.05) is 26.4 Å². The molecule has 4 N–H and O–H groups in total. The quantitative estimate of drug-likeness (QED) is 0.0305. The fraction of sp³-hybridized carbons (Fsp3) is 0.961. The molecule has 0 aliphatic rings. The second kappa shape index (κ2) is 47.9. The molecular formula is C51H102NO9P. The van der Waals surface area contributed by atoms with E-state index in [0.717, 1.165) is 38.5 Å². The van der Waals surface area contributed by atoms with E-state index in [4.69, 9.17) is 29.4 Å². The lowest BCUT2D eigenvalue weighted by molar-refractivity contribution is -0.154. The smallest absolute Gasteiger partial charge is 0.472 e.